The third-order valence-corrected chi connectivity index (χ3v) is 3.27. The maximum atomic E-state index is 12.1. The van der Waals surface area contributed by atoms with Gasteiger partial charge in [0.15, 0.2) is 0 Å². The first kappa shape index (κ1) is 16.5. The average molecular weight is 311 g/mol. The van der Waals surface area contributed by atoms with E-state index in [0.29, 0.717) is 15.9 Å². The molecule has 0 aliphatic heterocycles. The van der Waals surface area contributed by atoms with E-state index in [-0.39, 0.29) is 42.1 Å². The van der Waals surface area contributed by atoms with Gasteiger partial charge in [-0.25, -0.2) is 8.42 Å². The first-order valence-electron chi connectivity index (χ1n) is 5.04. The number of rotatable bonds is 2. The minimum atomic E-state index is -3.48. The van der Waals surface area contributed by atoms with Gasteiger partial charge in [0, 0.05) is 23.7 Å². The number of halogens is 1. The van der Waals surface area contributed by atoms with Crippen LogP contribution in [0.4, 0.5) is 5.69 Å². The molecule has 0 unspecified atom stereocenters. The zero-order valence-corrected chi connectivity index (χ0v) is 14.3. The maximum Gasteiger partial charge on any atom is 1.00 e. The SMILES string of the molecule is Cn1cc(NS(C)(=O)=O)c(=O)c2ccc(Cl)cc21.[H-].[Na+]. The summed E-state index contributed by atoms with van der Waals surface area (Å²) in [5.74, 6) is 0. The van der Waals surface area contributed by atoms with E-state index in [1.54, 1.807) is 29.8 Å². The number of benzene rings is 1. The Morgan fingerprint density at radius 3 is 2.58 bits per heavy atom. The summed E-state index contributed by atoms with van der Waals surface area (Å²) < 4.78 is 26.2. The van der Waals surface area contributed by atoms with Crippen molar-refractivity contribution in [1.29, 1.82) is 0 Å². The summed E-state index contributed by atoms with van der Waals surface area (Å²) in [4.78, 5) is 12.1. The number of nitrogens with one attached hydrogen (secondary N) is 1. The molecule has 1 heterocycles. The summed E-state index contributed by atoms with van der Waals surface area (Å²) in [7, 11) is -1.77. The summed E-state index contributed by atoms with van der Waals surface area (Å²) in [6.07, 6.45) is 2.43. The van der Waals surface area contributed by atoms with Crippen LogP contribution in [-0.2, 0) is 17.1 Å². The van der Waals surface area contributed by atoms with Crippen LogP contribution in [0, 0.1) is 0 Å². The molecular formula is C11H12ClN2NaO3S. The predicted octanol–water partition coefficient (Wildman–Crippen LogP) is -1.32. The summed E-state index contributed by atoms with van der Waals surface area (Å²) in [6.45, 7) is 0. The van der Waals surface area contributed by atoms with Crippen molar-refractivity contribution in [2.24, 2.45) is 7.05 Å². The second-order valence-electron chi connectivity index (χ2n) is 4.02. The second kappa shape index (κ2) is 5.85. The molecule has 1 N–H and O–H groups in total. The molecule has 0 atom stereocenters. The number of nitrogens with zero attached hydrogens (tertiary/aromatic N) is 1. The Bertz CT molecular complexity index is 792. The van der Waals surface area contributed by atoms with Crippen molar-refractivity contribution in [1.82, 2.24) is 4.57 Å². The Hall–Kier alpha value is -0.530. The van der Waals surface area contributed by atoms with Crippen LogP contribution in [0.3, 0.4) is 0 Å². The molecule has 0 bridgehead atoms. The second-order valence-corrected chi connectivity index (χ2v) is 6.20. The van der Waals surface area contributed by atoms with Gasteiger partial charge in [0.25, 0.3) is 0 Å². The molecule has 0 saturated heterocycles. The van der Waals surface area contributed by atoms with Gasteiger partial charge in [-0.1, -0.05) is 11.6 Å². The minimum Gasteiger partial charge on any atom is -1.00 e. The number of pyridine rings is 1. The first-order chi connectivity index (χ1) is 8.28. The van der Waals surface area contributed by atoms with Gasteiger partial charge in [-0.2, -0.15) is 0 Å². The van der Waals surface area contributed by atoms with Gasteiger partial charge >= 0.3 is 29.6 Å². The van der Waals surface area contributed by atoms with E-state index >= 15 is 0 Å². The van der Waals surface area contributed by atoms with Crippen molar-refractivity contribution in [3.8, 4) is 0 Å². The number of aromatic nitrogens is 1. The van der Waals surface area contributed by atoms with Gasteiger partial charge in [0.1, 0.15) is 5.69 Å². The zero-order valence-electron chi connectivity index (χ0n) is 11.8. The van der Waals surface area contributed by atoms with E-state index in [1.165, 1.54) is 6.20 Å². The summed E-state index contributed by atoms with van der Waals surface area (Å²) in [6, 6.07) is 4.82. The zero-order chi connectivity index (χ0) is 13.5. The molecule has 0 aliphatic rings. The Kier molecular flexibility index (Phi) is 5.08. The molecule has 1 aromatic carbocycles. The molecule has 5 nitrogen and oxygen atoms in total. The van der Waals surface area contributed by atoms with Crippen LogP contribution in [0.5, 0.6) is 0 Å². The molecule has 0 amide bonds. The summed E-state index contributed by atoms with van der Waals surface area (Å²) in [5, 5.41) is 0.928. The molecule has 2 aromatic rings. The van der Waals surface area contributed by atoms with Gasteiger partial charge in [-0.05, 0) is 18.2 Å². The van der Waals surface area contributed by atoms with Crippen LogP contribution in [0.1, 0.15) is 1.43 Å². The number of hydrogen-bond donors (Lipinski definition) is 1. The fourth-order valence-electron chi connectivity index (χ4n) is 1.73. The topological polar surface area (TPSA) is 68.2 Å². The van der Waals surface area contributed by atoms with E-state index < -0.39 is 10.0 Å². The van der Waals surface area contributed by atoms with Gasteiger partial charge in [-0.15, -0.1) is 0 Å². The first-order valence-corrected chi connectivity index (χ1v) is 7.31. The molecule has 0 saturated carbocycles. The molecule has 0 fully saturated rings. The van der Waals surface area contributed by atoms with Gasteiger partial charge < -0.3 is 5.99 Å². The van der Waals surface area contributed by atoms with Crippen molar-refractivity contribution in [2.75, 3.05) is 11.0 Å². The smallest absolute Gasteiger partial charge is 1.00 e. The van der Waals surface area contributed by atoms with E-state index in [4.69, 9.17) is 11.6 Å². The van der Waals surface area contributed by atoms with Crippen LogP contribution in [0.15, 0.2) is 29.2 Å². The van der Waals surface area contributed by atoms with Crippen LogP contribution < -0.4 is 39.7 Å². The molecular weight excluding hydrogens is 299 g/mol. The number of hydrogen-bond acceptors (Lipinski definition) is 3. The molecule has 1 aromatic heterocycles. The van der Waals surface area contributed by atoms with Crippen molar-refractivity contribution in [2.45, 2.75) is 0 Å². The molecule has 8 heteroatoms. The Morgan fingerprint density at radius 2 is 2.00 bits per heavy atom. The van der Waals surface area contributed by atoms with E-state index in [1.807, 2.05) is 0 Å². The quantitative estimate of drug-likeness (QED) is 0.700. The van der Waals surface area contributed by atoms with Crippen LogP contribution in [-0.4, -0.2) is 19.2 Å². The molecule has 98 valence electrons. The molecule has 0 radical (unpaired) electrons. The van der Waals surface area contributed by atoms with E-state index in [0.717, 1.165) is 6.26 Å². The van der Waals surface area contributed by atoms with E-state index in [2.05, 4.69) is 4.72 Å². The van der Waals surface area contributed by atoms with Crippen molar-refractivity contribution in [3.05, 3.63) is 39.6 Å². The molecule has 19 heavy (non-hydrogen) atoms. The van der Waals surface area contributed by atoms with Gasteiger partial charge in [-0.3, -0.25) is 9.52 Å². The predicted molar refractivity (Wildman–Crippen MR) is 73.8 cm³/mol. The third-order valence-electron chi connectivity index (χ3n) is 2.45. The average Bonchev–Trinajstić information content (AvgIpc) is 2.23. The van der Waals surface area contributed by atoms with Crippen molar-refractivity contribution in [3.63, 3.8) is 0 Å². The Balaban J connectivity index is 0.00000180. The monoisotopic (exact) mass is 310 g/mol. The van der Waals surface area contributed by atoms with Gasteiger partial charge in [0.05, 0.1) is 11.8 Å². The van der Waals surface area contributed by atoms with Crippen LogP contribution in [0.25, 0.3) is 10.9 Å². The van der Waals surface area contributed by atoms with Crippen molar-refractivity contribution >= 4 is 38.2 Å². The summed E-state index contributed by atoms with van der Waals surface area (Å²) in [5.41, 5.74) is 0.298. The Morgan fingerprint density at radius 1 is 1.37 bits per heavy atom. The van der Waals surface area contributed by atoms with Gasteiger partial charge in [0.2, 0.25) is 15.5 Å². The Labute approximate surface area is 139 Å². The maximum absolute atomic E-state index is 12.1. The number of fused-ring (bicyclic) bond motifs is 1. The standard InChI is InChI=1S/C11H11ClN2O3S.Na.H/c1-14-6-9(13-18(2,16)17)11(15)8-4-3-7(12)5-10(8)14;;/h3-6,13H,1-2H3;;/q;+1;-1. The number of sulfonamides is 1. The van der Waals surface area contributed by atoms with Crippen molar-refractivity contribution < 1.29 is 39.4 Å². The minimum absolute atomic E-state index is 0. The fraction of sp³-hybridized carbons (Fsp3) is 0.182. The van der Waals surface area contributed by atoms with Crippen LogP contribution in [0.2, 0.25) is 5.02 Å². The fourth-order valence-corrected chi connectivity index (χ4v) is 2.44. The largest absolute Gasteiger partial charge is 1.00 e. The normalized spacial score (nSPS) is 11.1. The molecule has 0 spiro atoms. The number of aryl methyl sites for hydroxylation is 1. The third kappa shape index (κ3) is 3.73. The van der Waals surface area contributed by atoms with E-state index in [9.17, 15) is 13.2 Å². The molecule has 2 rings (SSSR count). The number of anilines is 1. The van der Waals surface area contributed by atoms with Crippen LogP contribution >= 0.6 is 11.6 Å². The summed E-state index contributed by atoms with van der Waals surface area (Å²) >= 11 is 5.86. The molecule has 0 aliphatic carbocycles.